The van der Waals surface area contributed by atoms with Crippen molar-refractivity contribution in [2.24, 2.45) is 0 Å². The van der Waals surface area contributed by atoms with E-state index in [0.717, 1.165) is 0 Å². The molecule has 0 spiro atoms. The minimum Gasteiger partial charge on any atom is -0.759 e. The Morgan fingerprint density at radius 3 is 0.364 bits per heavy atom. The molecule has 22 heteroatoms. The number of hydrogen-bond donors (Lipinski definition) is 0. The van der Waals surface area contributed by atoms with Crippen molar-refractivity contribution >= 4 is 65.5 Å². The van der Waals surface area contributed by atoms with Gasteiger partial charge in [0.2, 0.25) is 0 Å². The van der Waals surface area contributed by atoms with Crippen LogP contribution in [0.4, 0.5) is 0 Å². The predicted molar refractivity (Wildman–Crippen MR) is 47.7 cm³/mol. The molecule has 0 aromatic rings. The molecule has 0 aliphatic heterocycles. The Morgan fingerprint density at radius 2 is 0.364 bits per heavy atom. The molecule has 0 aromatic carbocycles. The van der Waals surface area contributed by atoms with Crippen molar-refractivity contribution in [2.75, 3.05) is 0 Å². The minimum atomic E-state index is -5.17. The zero-order valence-corrected chi connectivity index (χ0v) is 18.1. The molecule has 0 radical (unpaired) electrons. The SMILES string of the molecule is O=S(=O)([O-])[O-].O=S(=O)([O-])[O-].O=S(=O)([O-])[O-].O=S(=O)([O-])[O-].[Sn+4].[W]. The van der Waals surface area contributed by atoms with Crippen molar-refractivity contribution in [1.29, 1.82) is 0 Å². The Bertz CT molecular complexity index is 479. The fourth-order valence-electron chi connectivity index (χ4n) is 0. The van der Waals surface area contributed by atoms with Crippen LogP contribution in [-0.4, -0.2) is 94.0 Å². The van der Waals surface area contributed by atoms with Crippen LogP contribution < -0.4 is 0 Å². The van der Waals surface area contributed by atoms with Crippen molar-refractivity contribution in [2.45, 2.75) is 0 Å². The van der Waals surface area contributed by atoms with Gasteiger partial charge in [-0.3, -0.25) is 33.7 Å². The molecule has 0 aliphatic rings. The van der Waals surface area contributed by atoms with E-state index in [9.17, 15) is 0 Å². The first kappa shape index (κ1) is 38.5. The Labute approximate surface area is 155 Å². The molecule has 0 bridgehead atoms. The van der Waals surface area contributed by atoms with Crippen LogP contribution >= 0.6 is 0 Å². The third kappa shape index (κ3) is 8940. The van der Waals surface area contributed by atoms with Gasteiger partial charge >= 0.3 is 23.9 Å². The summed E-state index contributed by atoms with van der Waals surface area (Å²) in [6.07, 6.45) is 0. The molecule has 0 amide bonds. The van der Waals surface area contributed by atoms with Crippen molar-refractivity contribution in [3.63, 3.8) is 0 Å². The monoisotopic (exact) mass is 688 g/mol. The normalized spacial score (nSPS) is 10.5. The smallest absolute Gasteiger partial charge is 0.759 e. The van der Waals surface area contributed by atoms with Gasteiger partial charge in [0.25, 0.3) is 0 Å². The second kappa shape index (κ2) is 15.5. The zero-order chi connectivity index (χ0) is 18.0. The summed E-state index contributed by atoms with van der Waals surface area (Å²) in [6, 6.07) is 0. The van der Waals surface area contributed by atoms with E-state index in [2.05, 4.69) is 0 Å². The number of rotatable bonds is 0. The third-order valence-electron chi connectivity index (χ3n) is 0. The Kier molecular flexibility index (Phi) is 27.1. The summed E-state index contributed by atoms with van der Waals surface area (Å²) in [7, 11) is -20.7. The van der Waals surface area contributed by atoms with Crippen LogP contribution in [0.25, 0.3) is 0 Å². The van der Waals surface area contributed by atoms with Gasteiger partial charge in [0.05, 0.1) is 0 Å². The summed E-state index contributed by atoms with van der Waals surface area (Å²) in [5, 5.41) is 0. The third-order valence-corrected chi connectivity index (χ3v) is 0. The van der Waals surface area contributed by atoms with Crippen LogP contribution in [0.5, 0.6) is 0 Å². The van der Waals surface area contributed by atoms with E-state index in [-0.39, 0.29) is 45.0 Å². The van der Waals surface area contributed by atoms with Gasteiger partial charge in [-0.2, -0.15) is 0 Å². The molecule has 0 saturated heterocycles. The predicted octanol–water partition coefficient (Wildman–Crippen LogP) is -5.74. The number of hydrogen-bond acceptors (Lipinski definition) is 16. The molecular weight excluding hydrogens is 687 g/mol. The Morgan fingerprint density at radius 1 is 0.364 bits per heavy atom. The molecule has 0 atom stereocenters. The van der Waals surface area contributed by atoms with Crippen LogP contribution in [0.1, 0.15) is 0 Å². The van der Waals surface area contributed by atoms with Gasteiger partial charge in [0.1, 0.15) is 0 Å². The van der Waals surface area contributed by atoms with Crippen LogP contribution in [0.2, 0.25) is 0 Å². The van der Waals surface area contributed by atoms with Crippen LogP contribution in [0.15, 0.2) is 0 Å². The van der Waals surface area contributed by atoms with Crippen LogP contribution in [-0.2, 0) is 62.7 Å². The quantitative estimate of drug-likeness (QED) is 0.130. The maximum Gasteiger partial charge on any atom is 4.00 e. The topological polar surface area (TPSA) is 321 Å². The van der Waals surface area contributed by atoms with Gasteiger partial charge in [-0.25, -0.2) is 0 Å². The Hall–Kier alpha value is 0.967. The van der Waals surface area contributed by atoms with E-state index >= 15 is 0 Å². The minimum absolute atomic E-state index is 0. The molecule has 0 fully saturated rings. The van der Waals surface area contributed by atoms with Gasteiger partial charge in [-0.05, 0) is 0 Å². The van der Waals surface area contributed by atoms with Crippen LogP contribution in [0, 0.1) is 0 Å². The maximum absolute atomic E-state index is 8.52. The molecule has 0 aromatic heterocycles. The Balaban J connectivity index is -0.0000000376. The fourth-order valence-corrected chi connectivity index (χ4v) is 0. The zero-order valence-electron chi connectivity index (χ0n) is 9.07. The second-order valence-corrected chi connectivity index (χ2v) is 4.90. The van der Waals surface area contributed by atoms with Crippen LogP contribution in [0.3, 0.4) is 0 Å². The van der Waals surface area contributed by atoms with E-state index in [1.807, 2.05) is 0 Å². The van der Waals surface area contributed by atoms with Crippen molar-refractivity contribution in [3.8, 4) is 0 Å². The van der Waals surface area contributed by atoms with Gasteiger partial charge < -0.3 is 36.4 Å². The molecule has 16 nitrogen and oxygen atoms in total. The van der Waals surface area contributed by atoms with Gasteiger partial charge in [0, 0.05) is 62.7 Å². The molecule has 0 unspecified atom stereocenters. The standard InChI is InChI=1S/4H2O4S.Sn.W/c4*1-5(2,3)4;;/h4*(H2,1,2,3,4);;/q;;;;+4;/p-8. The summed E-state index contributed by atoms with van der Waals surface area (Å²) in [5.41, 5.74) is 0. The molecule has 0 heterocycles. The second-order valence-electron chi connectivity index (χ2n) is 1.63. The summed E-state index contributed by atoms with van der Waals surface area (Å²) in [6.45, 7) is 0. The van der Waals surface area contributed by atoms with E-state index in [1.165, 1.54) is 0 Å². The van der Waals surface area contributed by atoms with Crippen molar-refractivity contribution < 1.29 is 91.2 Å². The van der Waals surface area contributed by atoms with E-state index < -0.39 is 41.6 Å². The molecule has 0 rings (SSSR count). The summed E-state index contributed by atoms with van der Waals surface area (Å²) in [4.78, 5) is 0. The largest absolute Gasteiger partial charge is 4.00 e. The van der Waals surface area contributed by atoms with E-state index in [1.54, 1.807) is 0 Å². The van der Waals surface area contributed by atoms with Gasteiger partial charge in [0.15, 0.2) is 0 Å². The fraction of sp³-hybridized carbons (Fsp3) is 0. The van der Waals surface area contributed by atoms with Crippen molar-refractivity contribution in [3.05, 3.63) is 0 Å². The molecule has 0 aliphatic carbocycles. The maximum atomic E-state index is 8.52. The van der Waals surface area contributed by atoms with E-state index in [4.69, 9.17) is 70.1 Å². The molecule has 22 heavy (non-hydrogen) atoms. The summed E-state index contributed by atoms with van der Waals surface area (Å²) < 4.78 is 136. The summed E-state index contributed by atoms with van der Waals surface area (Å²) in [5.74, 6) is 0. The molecule has 134 valence electrons. The summed E-state index contributed by atoms with van der Waals surface area (Å²) >= 11 is 0. The first-order chi connectivity index (χ1) is 8.00. The molecule has 0 saturated carbocycles. The van der Waals surface area contributed by atoms with E-state index in [0.29, 0.717) is 0 Å². The first-order valence-electron chi connectivity index (χ1n) is 2.67. The van der Waals surface area contributed by atoms with Crippen molar-refractivity contribution in [1.82, 2.24) is 0 Å². The molecular formula is O16S4SnW-4. The average molecular weight is 687 g/mol. The average Bonchev–Trinajstić information content (AvgIpc) is 1.62. The first-order valence-corrected chi connectivity index (χ1v) is 8.00. The van der Waals surface area contributed by atoms with Gasteiger partial charge in [-0.15, -0.1) is 0 Å². The molecule has 0 N–H and O–H groups in total. The van der Waals surface area contributed by atoms with Gasteiger partial charge in [-0.1, -0.05) is 0 Å².